The van der Waals surface area contributed by atoms with Gasteiger partial charge in [-0.15, -0.1) is 23.2 Å². The number of halogens is 7. The number of amides is 3. The SMILES string of the molecule is Cc1ccc(C(=O)[C@H](C)N(C(=O)c2ccccc2Cl)N2C(=O)[C@H]3[C@H](C2=O)[C@@]2(Cl)C(Cl)=C(Cl)[C@@]3(Cl)C2(Cl)Cl)cc1. The summed E-state index contributed by atoms with van der Waals surface area (Å²) in [4.78, 5) is 51.4. The second-order valence-corrected chi connectivity index (χ2v) is 13.3. The standard InChI is InChI=1S/C26H17Cl7N2O4/c1-11-7-9-13(10-8-11)18(36)12(2)34(21(37)14-5-3-4-6-15(14)27)35-22(38)16-17(23(35)39)25(31)20(29)19(28)24(16,30)26(25,32)33/h3-10,12,16-17H,1-2H3/t12-,16+,17+,24+,25+/m0/s1. The summed E-state index contributed by atoms with van der Waals surface area (Å²) in [5, 5.41) is 0.816. The maximum Gasteiger partial charge on any atom is 0.275 e. The lowest BCUT2D eigenvalue weighted by molar-refractivity contribution is -0.157. The van der Waals surface area contributed by atoms with Crippen molar-refractivity contribution in [3.8, 4) is 0 Å². The summed E-state index contributed by atoms with van der Waals surface area (Å²) in [5.41, 5.74) is 1.10. The van der Waals surface area contributed by atoms with E-state index < -0.39 is 55.5 Å². The molecule has 5 rings (SSSR count). The molecule has 0 N–H and O–H groups in total. The van der Waals surface area contributed by atoms with Crippen molar-refractivity contribution < 1.29 is 19.2 Å². The Hall–Kier alpha value is -1.51. The third-order valence-corrected chi connectivity index (χ3v) is 12.1. The number of hydrogen-bond donors (Lipinski definition) is 0. The molecule has 2 aromatic carbocycles. The molecule has 2 aromatic rings. The Bertz CT molecular complexity index is 1450. The van der Waals surface area contributed by atoms with Crippen LogP contribution in [0.3, 0.4) is 0 Å². The van der Waals surface area contributed by atoms with Crippen molar-refractivity contribution in [3.05, 3.63) is 80.3 Å². The van der Waals surface area contributed by atoms with E-state index in [9.17, 15) is 19.2 Å². The number of rotatable bonds is 5. The minimum atomic E-state index is -2.15. The van der Waals surface area contributed by atoms with E-state index in [4.69, 9.17) is 81.2 Å². The van der Waals surface area contributed by atoms with Crippen molar-refractivity contribution in [1.29, 1.82) is 0 Å². The molecule has 3 aliphatic rings. The lowest BCUT2D eigenvalue weighted by Gasteiger charge is -2.38. The number of Topliss-reactive ketones (excluding diaryl/α,β-unsaturated/α-hetero) is 1. The van der Waals surface area contributed by atoms with Gasteiger partial charge in [-0.05, 0) is 26.0 Å². The van der Waals surface area contributed by atoms with Gasteiger partial charge in [-0.25, -0.2) is 5.01 Å². The lowest BCUT2D eigenvalue weighted by atomic mass is 9.84. The van der Waals surface area contributed by atoms with Gasteiger partial charge in [0.25, 0.3) is 17.7 Å². The predicted molar refractivity (Wildman–Crippen MR) is 152 cm³/mol. The highest BCUT2D eigenvalue weighted by molar-refractivity contribution is 6.66. The van der Waals surface area contributed by atoms with Crippen LogP contribution in [0.5, 0.6) is 0 Å². The summed E-state index contributed by atoms with van der Waals surface area (Å²) in [6, 6.07) is 11.3. The van der Waals surface area contributed by atoms with Crippen molar-refractivity contribution in [3.63, 3.8) is 0 Å². The van der Waals surface area contributed by atoms with Gasteiger partial charge in [0.15, 0.2) is 10.1 Å². The first-order chi connectivity index (χ1) is 18.1. The molecule has 13 heteroatoms. The summed E-state index contributed by atoms with van der Waals surface area (Å²) in [6.45, 7) is 3.24. The van der Waals surface area contributed by atoms with Crippen LogP contribution < -0.4 is 0 Å². The van der Waals surface area contributed by atoms with Gasteiger partial charge in [-0.2, -0.15) is 5.01 Å². The third-order valence-electron chi connectivity index (χ3n) is 7.50. The van der Waals surface area contributed by atoms with E-state index in [0.717, 1.165) is 10.6 Å². The fourth-order valence-corrected chi connectivity index (χ4v) is 8.61. The number of carbonyl (C=O) groups excluding carboxylic acids is 4. The largest absolute Gasteiger partial charge is 0.292 e. The number of imide groups is 1. The molecule has 204 valence electrons. The topological polar surface area (TPSA) is 74.8 Å². The quantitative estimate of drug-likeness (QED) is 0.201. The molecule has 2 fully saturated rings. The Morgan fingerprint density at radius 2 is 1.33 bits per heavy atom. The van der Waals surface area contributed by atoms with Crippen LogP contribution in [0, 0.1) is 18.8 Å². The van der Waals surface area contributed by atoms with E-state index in [-0.39, 0.29) is 26.2 Å². The molecule has 1 aliphatic heterocycles. The Balaban J connectivity index is 1.65. The van der Waals surface area contributed by atoms with Crippen LogP contribution in [0.4, 0.5) is 0 Å². The second-order valence-electron chi connectivity index (χ2n) is 9.61. The number of allylic oxidation sites excluding steroid dienone is 2. The second kappa shape index (κ2) is 9.52. The van der Waals surface area contributed by atoms with Crippen molar-refractivity contribution in [2.45, 2.75) is 34.0 Å². The number of carbonyl (C=O) groups is 4. The average molecular weight is 670 g/mol. The van der Waals surface area contributed by atoms with Crippen LogP contribution in [-0.4, -0.2) is 53.6 Å². The van der Waals surface area contributed by atoms with Gasteiger partial charge in [0, 0.05) is 5.56 Å². The minimum absolute atomic E-state index is 0.0396. The van der Waals surface area contributed by atoms with Gasteiger partial charge >= 0.3 is 0 Å². The van der Waals surface area contributed by atoms with Crippen LogP contribution in [0.15, 0.2) is 58.6 Å². The Labute approximate surface area is 258 Å². The molecule has 1 heterocycles. The van der Waals surface area contributed by atoms with E-state index in [2.05, 4.69) is 0 Å². The van der Waals surface area contributed by atoms with Gasteiger partial charge in [0.2, 0.25) is 0 Å². The monoisotopic (exact) mass is 666 g/mol. The predicted octanol–water partition coefficient (Wildman–Crippen LogP) is 6.72. The Morgan fingerprint density at radius 3 is 1.82 bits per heavy atom. The number of fused-ring (bicyclic) bond motifs is 5. The number of hydrazine groups is 1. The zero-order valence-electron chi connectivity index (χ0n) is 20.0. The van der Waals surface area contributed by atoms with Crippen molar-refractivity contribution in [1.82, 2.24) is 10.0 Å². The molecule has 0 spiro atoms. The summed E-state index contributed by atoms with van der Waals surface area (Å²) in [6.07, 6.45) is 0. The molecular formula is C26H17Cl7N2O4. The molecular weight excluding hydrogens is 652 g/mol. The average Bonchev–Trinajstić information content (AvgIpc) is 3.28. The maximum absolute atomic E-state index is 14.0. The fraction of sp³-hybridized carbons (Fsp3) is 0.308. The number of aryl methyl sites for hydroxylation is 1. The van der Waals surface area contributed by atoms with Crippen LogP contribution >= 0.6 is 81.2 Å². The Morgan fingerprint density at radius 1 is 0.846 bits per heavy atom. The molecule has 0 radical (unpaired) electrons. The molecule has 0 unspecified atom stereocenters. The number of hydrogen-bond acceptors (Lipinski definition) is 4. The molecule has 0 aromatic heterocycles. The van der Waals surface area contributed by atoms with Crippen LogP contribution in [0.2, 0.25) is 5.02 Å². The fourth-order valence-electron chi connectivity index (χ4n) is 5.46. The zero-order chi connectivity index (χ0) is 28.8. The summed E-state index contributed by atoms with van der Waals surface area (Å²) < 4.78 is -2.15. The molecule has 3 amide bonds. The van der Waals surface area contributed by atoms with E-state index >= 15 is 0 Å². The molecule has 2 aliphatic carbocycles. The van der Waals surface area contributed by atoms with Crippen LogP contribution in [0.25, 0.3) is 0 Å². The molecule has 1 saturated carbocycles. The van der Waals surface area contributed by atoms with Crippen molar-refractivity contribution in [2.24, 2.45) is 11.8 Å². The van der Waals surface area contributed by atoms with E-state index in [1.807, 2.05) is 6.92 Å². The number of alkyl halides is 4. The first-order valence-corrected chi connectivity index (χ1v) is 14.2. The smallest absolute Gasteiger partial charge is 0.275 e. The summed E-state index contributed by atoms with van der Waals surface area (Å²) in [7, 11) is 0. The first-order valence-electron chi connectivity index (χ1n) is 11.5. The molecule has 2 bridgehead atoms. The Kier molecular flexibility index (Phi) is 7.08. The highest BCUT2D eigenvalue weighted by Crippen LogP contribution is 2.77. The van der Waals surface area contributed by atoms with Gasteiger partial charge in [0.05, 0.1) is 32.5 Å². The molecule has 1 saturated heterocycles. The maximum atomic E-state index is 14.0. The highest BCUT2D eigenvalue weighted by Gasteiger charge is 2.88. The number of ketones is 1. The normalized spacial score (nSPS) is 29.6. The van der Waals surface area contributed by atoms with E-state index in [1.54, 1.807) is 36.4 Å². The lowest BCUT2D eigenvalue weighted by Crippen LogP contribution is -2.59. The van der Waals surface area contributed by atoms with Gasteiger partial charge < -0.3 is 0 Å². The highest BCUT2D eigenvalue weighted by atomic mass is 35.5. The molecule has 5 atom stereocenters. The zero-order valence-corrected chi connectivity index (χ0v) is 25.3. The first kappa shape index (κ1) is 29.0. The third kappa shape index (κ3) is 3.62. The molecule has 39 heavy (non-hydrogen) atoms. The van der Waals surface area contributed by atoms with Crippen LogP contribution in [0.1, 0.15) is 33.2 Å². The number of nitrogens with zero attached hydrogens (tertiary/aromatic N) is 2. The van der Waals surface area contributed by atoms with Gasteiger partial charge in [-0.1, -0.05) is 100.0 Å². The van der Waals surface area contributed by atoms with Crippen molar-refractivity contribution >= 4 is 105 Å². The number of benzene rings is 2. The van der Waals surface area contributed by atoms with Crippen molar-refractivity contribution in [2.75, 3.05) is 0 Å². The van der Waals surface area contributed by atoms with E-state index in [0.29, 0.717) is 5.01 Å². The van der Waals surface area contributed by atoms with E-state index in [1.165, 1.54) is 19.1 Å². The summed E-state index contributed by atoms with van der Waals surface area (Å²) >= 11 is 45.8. The minimum Gasteiger partial charge on any atom is -0.292 e. The van der Waals surface area contributed by atoms with Crippen LogP contribution in [-0.2, 0) is 9.59 Å². The summed E-state index contributed by atoms with van der Waals surface area (Å²) in [5.74, 6) is -6.35. The van der Waals surface area contributed by atoms with Gasteiger partial charge in [-0.3, -0.25) is 19.2 Å². The molecule has 6 nitrogen and oxygen atoms in total. The van der Waals surface area contributed by atoms with Gasteiger partial charge in [0.1, 0.15) is 15.8 Å².